The summed E-state index contributed by atoms with van der Waals surface area (Å²) in [6, 6.07) is 0. The molecule has 2 fully saturated rings. The van der Waals surface area contributed by atoms with Crippen molar-refractivity contribution in [2.75, 3.05) is 66.5 Å². The topological polar surface area (TPSA) is 19.0 Å². The molecule has 4 nitrogen and oxygen atoms in total. The maximum atomic E-state index is 5.78. The first kappa shape index (κ1) is 14.9. The molecule has 1 atom stereocenters. The van der Waals surface area contributed by atoms with Crippen LogP contribution in [-0.4, -0.2) is 87.3 Å². The molecule has 2 heterocycles. The highest BCUT2D eigenvalue weighted by atomic mass is 16.5. The van der Waals surface area contributed by atoms with Crippen molar-refractivity contribution in [2.24, 2.45) is 0 Å². The SMILES string of the molecule is CC.CN1CCN(CC2CN(C)CCO2)CC1. The van der Waals surface area contributed by atoms with Gasteiger partial charge in [-0.25, -0.2) is 0 Å². The molecule has 0 amide bonds. The molecule has 17 heavy (non-hydrogen) atoms. The Hall–Kier alpha value is -0.160. The van der Waals surface area contributed by atoms with E-state index < -0.39 is 0 Å². The number of rotatable bonds is 2. The number of hydrogen-bond donors (Lipinski definition) is 0. The van der Waals surface area contributed by atoms with Gasteiger partial charge in [-0.1, -0.05) is 13.8 Å². The summed E-state index contributed by atoms with van der Waals surface area (Å²) >= 11 is 0. The zero-order valence-electron chi connectivity index (χ0n) is 12.0. The Morgan fingerprint density at radius 3 is 2.18 bits per heavy atom. The molecule has 0 spiro atoms. The van der Waals surface area contributed by atoms with Gasteiger partial charge < -0.3 is 14.5 Å². The Bertz CT molecular complexity index is 193. The van der Waals surface area contributed by atoms with Gasteiger partial charge in [0, 0.05) is 45.8 Å². The van der Waals surface area contributed by atoms with Gasteiger partial charge in [-0.2, -0.15) is 0 Å². The highest BCUT2D eigenvalue weighted by molar-refractivity contribution is 4.76. The lowest BCUT2D eigenvalue weighted by molar-refractivity contribution is -0.0401. The summed E-state index contributed by atoms with van der Waals surface area (Å²) in [5, 5.41) is 0. The lowest BCUT2D eigenvalue weighted by Crippen LogP contribution is -2.51. The van der Waals surface area contributed by atoms with Crippen molar-refractivity contribution in [3.8, 4) is 0 Å². The standard InChI is InChI=1S/C11H23N3O.C2H6/c1-12-3-5-14(6-4-12)10-11-9-13(2)7-8-15-11;1-2/h11H,3-10H2,1-2H3;1-2H3. The Kier molecular flexibility index (Phi) is 7.04. The lowest BCUT2D eigenvalue weighted by atomic mass is 10.2. The van der Waals surface area contributed by atoms with Gasteiger partial charge in [0.15, 0.2) is 0 Å². The van der Waals surface area contributed by atoms with Crippen LogP contribution in [0.4, 0.5) is 0 Å². The molecule has 1 unspecified atom stereocenters. The zero-order chi connectivity index (χ0) is 12.7. The predicted octanol–water partition coefficient (Wildman–Crippen LogP) is 0.591. The molecule has 102 valence electrons. The summed E-state index contributed by atoms with van der Waals surface area (Å²) in [5.74, 6) is 0. The molecule has 0 aromatic heterocycles. The maximum Gasteiger partial charge on any atom is 0.0829 e. The second-order valence-corrected chi connectivity index (χ2v) is 4.86. The second kappa shape index (κ2) is 8.03. The van der Waals surface area contributed by atoms with Crippen molar-refractivity contribution in [1.29, 1.82) is 0 Å². The monoisotopic (exact) mass is 243 g/mol. The van der Waals surface area contributed by atoms with Crippen molar-refractivity contribution < 1.29 is 4.74 Å². The highest BCUT2D eigenvalue weighted by Crippen LogP contribution is 2.07. The van der Waals surface area contributed by atoms with Crippen LogP contribution in [0.5, 0.6) is 0 Å². The summed E-state index contributed by atoms with van der Waals surface area (Å²) in [4.78, 5) is 7.29. The third kappa shape index (κ3) is 5.34. The summed E-state index contributed by atoms with van der Waals surface area (Å²) < 4.78 is 5.78. The number of ether oxygens (including phenoxy) is 1. The Labute approximate surface area is 107 Å². The van der Waals surface area contributed by atoms with Crippen molar-refractivity contribution in [1.82, 2.24) is 14.7 Å². The highest BCUT2D eigenvalue weighted by Gasteiger charge is 2.22. The van der Waals surface area contributed by atoms with E-state index in [2.05, 4.69) is 28.8 Å². The molecule has 2 rings (SSSR count). The van der Waals surface area contributed by atoms with Crippen molar-refractivity contribution in [3.05, 3.63) is 0 Å². The molecular weight excluding hydrogens is 214 g/mol. The van der Waals surface area contributed by atoms with E-state index in [0.29, 0.717) is 6.10 Å². The van der Waals surface area contributed by atoms with E-state index in [-0.39, 0.29) is 0 Å². The second-order valence-electron chi connectivity index (χ2n) is 4.86. The first-order valence-electron chi connectivity index (χ1n) is 6.95. The van der Waals surface area contributed by atoms with E-state index in [1.165, 1.54) is 26.2 Å². The summed E-state index contributed by atoms with van der Waals surface area (Å²) in [7, 11) is 4.38. The molecule has 2 aliphatic heterocycles. The number of hydrogen-bond acceptors (Lipinski definition) is 4. The maximum absolute atomic E-state index is 5.78. The fourth-order valence-corrected chi connectivity index (χ4v) is 2.30. The minimum atomic E-state index is 0.423. The molecule has 2 aliphatic rings. The predicted molar refractivity (Wildman–Crippen MR) is 72.5 cm³/mol. The van der Waals surface area contributed by atoms with Crippen molar-refractivity contribution in [2.45, 2.75) is 20.0 Å². The molecule has 2 saturated heterocycles. The van der Waals surface area contributed by atoms with Gasteiger partial charge in [0.25, 0.3) is 0 Å². The van der Waals surface area contributed by atoms with E-state index in [0.717, 1.165) is 26.2 Å². The van der Waals surface area contributed by atoms with Crippen molar-refractivity contribution in [3.63, 3.8) is 0 Å². The van der Waals surface area contributed by atoms with Crippen LogP contribution in [-0.2, 0) is 4.74 Å². The number of piperazine rings is 1. The molecule has 0 aromatic rings. The fraction of sp³-hybridized carbons (Fsp3) is 1.00. The molecular formula is C13H29N3O. The van der Waals surface area contributed by atoms with Crippen LogP contribution in [0.1, 0.15) is 13.8 Å². The zero-order valence-corrected chi connectivity index (χ0v) is 12.0. The fourth-order valence-electron chi connectivity index (χ4n) is 2.30. The van der Waals surface area contributed by atoms with Crippen LogP contribution in [0.15, 0.2) is 0 Å². The van der Waals surface area contributed by atoms with Crippen molar-refractivity contribution >= 4 is 0 Å². The molecule has 0 aliphatic carbocycles. The van der Waals surface area contributed by atoms with Gasteiger partial charge in [-0.05, 0) is 14.1 Å². The van der Waals surface area contributed by atoms with E-state index in [1.54, 1.807) is 0 Å². The van der Waals surface area contributed by atoms with Crippen LogP contribution in [0.25, 0.3) is 0 Å². The third-order valence-corrected chi connectivity index (χ3v) is 3.40. The molecule has 0 N–H and O–H groups in total. The summed E-state index contributed by atoms with van der Waals surface area (Å²) in [6.07, 6.45) is 0.423. The Balaban J connectivity index is 0.000000686. The number of morpholine rings is 1. The van der Waals surface area contributed by atoms with Crippen LogP contribution in [0, 0.1) is 0 Å². The normalized spacial score (nSPS) is 28.6. The minimum absolute atomic E-state index is 0.423. The smallest absolute Gasteiger partial charge is 0.0829 e. The Morgan fingerprint density at radius 1 is 0.941 bits per heavy atom. The van der Waals surface area contributed by atoms with E-state index in [1.807, 2.05) is 13.8 Å². The van der Waals surface area contributed by atoms with E-state index >= 15 is 0 Å². The molecule has 0 saturated carbocycles. The van der Waals surface area contributed by atoms with E-state index in [9.17, 15) is 0 Å². The average Bonchev–Trinajstić information content (AvgIpc) is 2.35. The van der Waals surface area contributed by atoms with Crippen LogP contribution < -0.4 is 0 Å². The first-order valence-corrected chi connectivity index (χ1v) is 6.95. The molecule has 4 heteroatoms. The van der Waals surface area contributed by atoms with Gasteiger partial charge in [0.2, 0.25) is 0 Å². The molecule has 0 aromatic carbocycles. The van der Waals surface area contributed by atoms with E-state index in [4.69, 9.17) is 4.74 Å². The number of likely N-dealkylation sites (N-methyl/N-ethyl adjacent to an activating group) is 2. The summed E-state index contributed by atoms with van der Waals surface area (Å²) in [6.45, 7) is 13.0. The first-order chi connectivity index (χ1) is 8.24. The van der Waals surface area contributed by atoms with Crippen LogP contribution in [0.2, 0.25) is 0 Å². The van der Waals surface area contributed by atoms with Gasteiger partial charge in [0.05, 0.1) is 12.7 Å². The van der Waals surface area contributed by atoms with Gasteiger partial charge in [-0.15, -0.1) is 0 Å². The van der Waals surface area contributed by atoms with Gasteiger partial charge in [0.1, 0.15) is 0 Å². The largest absolute Gasteiger partial charge is 0.374 e. The number of nitrogens with zero attached hydrogens (tertiary/aromatic N) is 3. The van der Waals surface area contributed by atoms with Gasteiger partial charge >= 0.3 is 0 Å². The van der Waals surface area contributed by atoms with Gasteiger partial charge in [-0.3, -0.25) is 4.90 Å². The average molecular weight is 243 g/mol. The van der Waals surface area contributed by atoms with Crippen LogP contribution in [0.3, 0.4) is 0 Å². The lowest BCUT2D eigenvalue weighted by Gasteiger charge is -2.37. The quantitative estimate of drug-likeness (QED) is 0.706. The molecule has 0 radical (unpaired) electrons. The Morgan fingerprint density at radius 2 is 1.59 bits per heavy atom. The third-order valence-electron chi connectivity index (χ3n) is 3.40. The van der Waals surface area contributed by atoms with Crippen LogP contribution >= 0.6 is 0 Å². The summed E-state index contributed by atoms with van der Waals surface area (Å²) in [5.41, 5.74) is 0. The minimum Gasteiger partial charge on any atom is -0.374 e. The molecule has 0 bridgehead atoms.